The molecule has 0 heterocycles. The first-order valence-corrected chi connectivity index (χ1v) is 13.8. The highest BCUT2D eigenvalue weighted by molar-refractivity contribution is 6.38. The van der Waals surface area contributed by atoms with Crippen molar-refractivity contribution in [2.75, 3.05) is 0 Å². The van der Waals surface area contributed by atoms with Gasteiger partial charge in [0.25, 0.3) is 0 Å². The summed E-state index contributed by atoms with van der Waals surface area (Å²) in [6.07, 6.45) is 0.201. The van der Waals surface area contributed by atoms with E-state index in [1.807, 2.05) is 39.0 Å². The van der Waals surface area contributed by atoms with Crippen LogP contribution in [-0.2, 0) is 25.6 Å². The molecular formula is C32H40ClNO5. The molecule has 39 heavy (non-hydrogen) atoms. The lowest BCUT2D eigenvalue weighted by Crippen LogP contribution is -2.46. The van der Waals surface area contributed by atoms with E-state index in [0.29, 0.717) is 17.0 Å². The zero-order valence-electron chi connectivity index (χ0n) is 23.8. The maximum atomic E-state index is 13.2. The molecule has 2 aromatic rings. The number of carbonyl (C=O) groups excluding carboxylic acids is 5. The van der Waals surface area contributed by atoms with E-state index in [1.165, 1.54) is 0 Å². The van der Waals surface area contributed by atoms with Crippen LogP contribution in [0.3, 0.4) is 0 Å². The summed E-state index contributed by atoms with van der Waals surface area (Å²) in [7, 11) is 0. The summed E-state index contributed by atoms with van der Waals surface area (Å²) >= 11 is 6.16. The molecule has 1 amide bonds. The van der Waals surface area contributed by atoms with Crippen LogP contribution in [0.5, 0.6) is 0 Å². The number of hydrogen-bond acceptors (Lipinski definition) is 5. The van der Waals surface area contributed by atoms with Gasteiger partial charge in [-0.1, -0.05) is 94.8 Å². The molecule has 210 valence electrons. The van der Waals surface area contributed by atoms with Gasteiger partial charge < -0.3 is 5.32 Å². The van der Waals surface area contributed by atoms with E-state index in [2.05, 4.69) is 5.32 Å². The Kier molecular flexibility index (Phi) is 11.8. The number of ketones is 4. The lowest BCUT2D eigenvalue weighted by molar-refractivity contribution is -0.141. The summed E-state index contributed by atoms with van der Waals surface area (Å²) in [4.78, 5) is 64.9. The molecule has 2 aromatic carbocycles. The smallest absolute Gasteiger partial charge is 0.224 e. The fourth-order valence-corrected chi connectivity index (χ4v) is 4.65. The van der Waals surface area contributed by atoms with Gasteiger partial charge >= 0.3 is 0 Å². The van der Waals surface area contributed by atoms with Crippen molar-refractivity contribution < 1.29 is 24.0 Å². The number of hydrogen-bond donors (Lipinski definition) is 1. The average Bonchev–Trinajstić information content (AvgIpc) is 2.88. The Morgan fingerprint density at radius 3 is 2.00 bits per heavy atom. The van der Waals surface area contributed by atoms with E-state index < -0.39 is 40.8 Å². The molecule has 0 aliphatic heterocycles. The van der Waals surface area contributed by atoms with Gasteiger partial charge in [0, 0.05) is 35.8 Å². The molecule has 0 bridgehead atoms. The van der Waals surface area contributed by atoms with Crippen molar-refractivity contribution in [3.63, 3.8) is 0 Å². The lowest BCUT2D eigenvalue weighted by Gasteiger charge is -2.30. The summed E-state index contributed by atoms with van der Waals surface area (Å²) in [6.45, 7) is 10.8. The topological polar surface area (TPSA) is 97.4 Å². The first-order valence-electron chi connectivity index (χ1n) is 13.4. The standard InChI is InChI=1S/C32H40ClNO5/c1-20(2)24(30(38)27(35)17-16-22-12-10-11-15-26(22)33)18-28(36)21(3)34-31(39)25(32(4,5)6)19-29(37)23-13-8-7-9-14-23/h7-15,20-21,24-25H,16-19H2,1-6H3,(H,34,39)/t21-,24-,25+/m0/s1. The molecule has 0 spiro atoms. The fourth-order valence-electron chi connectivity index (χ4n) is 4.42. The minimum Gasteiger partial charge on any atom is -0.346 e. The Hall–Kier alpha value is -3.12. The molecular weight excluding hydrogens is 514 g/mol. The van der Waals surface area contributed by atoms with Gasteiger partial charge in [-0.25, -0.2) is 0 Å². The zero-order chi connectivity index (χ0) is 29.3. The third-order valence-corrected chi connectivity index (χ3v) is 7.47. The van der Waals surface area contributed by atoms with Crippen molar-refractivity contribution in [2.45, 2.75) is 73.3 Å². The monoisotopic (exact) mass is 553 g/mol. The van der Waals surface area contributed by atoms with Gasteiger partial charge in [0.05, 0.1) is 12.0 Å². The molecule has 7 heteroatoms. The summed E-state index contributed by atoms with van der Waals surface area (Å²) in [5.41, 5.74) is 0.788. The molecule has 0 saturated carbocycles. The molecule has 0 fully saturated rings. The van der Waals surface area contributed by atoms with E-state index >= 15 is 0 Å². The number of nitrogens with one attached hydrogen (secondary N) is 1. The lowest BCUT2D eigenvalue weighted by atomic mass is 9.76. The van der Waals surface area contributed by atoms with E-state index in [4.69, 9.17) is 11.6 Å². The predicted octanol–water partition coefficient (Wildman–Crippen LogP) is 6.08. The SMILES string of the molecule is CC(C)[C@H](CC(=O)[C@H](C)NC(=O)[C@@H](CC(=O)c1ccccc1)C(C)(C)C)C(=O)C(=O)CCc1ccccc1Cl. The van der Waals surface area contributed by atoms with E-state index in [-0.39, 0.29) is 36.7 Å². The molecule has 2 rings (SSSR count). The highest BCUT2D eigenvalue weighted by atomic mass is 35.5. The zero-order valence-corrected chi connectivity index (χ0v) is 24.5. The van der Waals surface area contributed by atoms with Crippen molar-refractivity contribution >= 4 is 40.6 Å². The molecule has 0 unspecified atom stereocenters. The van der Waals surface area contributed by atoms with Gasteiger partial charge in [0.2, 0.25) is 11.7 Å². The fraction of sp³-hybridized carbons (Fsp3) is 0.469. The van der Waals surface area contributed by atoms with Crippen LogP contribution in [0, 0.1) is 23.2 Å². The number of aryl methyl sites for hydroxylation is 1. The Balaban J connectivity index is 2.03. The van der Waals surface area contributed by atoms with Crippen molar-refractivity contribution in [1.82, 2.24) is 5.32 Å². The number of rotatable bonds is 14. The second-order valence-electron chi connectivity index (χ2n) is 11.5. The van der Waals surface area contributed by atoms with Gasteiger partial charge in [-0.15, -0.1) is 0 Å². The molecule has 0 aliphatic carbocycles. The van der Waals surface area contributed by atoms with Crippen LogP contribution in [0.25, 0.3) is 0 Å². The first kappa shape index (κ1) is 32.1. The molecule has 0 aliphatic rings. The Labute approximate surface area is 236 Å². The normalized spacial score (nSPS) is 13.8. The number of Topliss-reactive ketones (excluding diaryl/α,β-unsaturated/α-hetero) is 4. The van der Waals surface area contributed by atoms with Crippen molar-refractivity contribution in [1.29, 1.82) is 0 Å². The van der Waals surface area contributed by atoms with Crippen molar-refractivity contribution in [2.24, 2.45) is 23.2 Å². The number of amides is 1. The number of benzene rings is 2. The van der Waals surface area contributed by atoms with Crippen LogP contribution in [0.15, 0.2) is 54.6 Å². The highest BCUT2D eigenvalue weighted by Crippen LogP contribution is 2.30. The summed E-state index contributed by atoms with van der Waals surface area (Å²) in [5, 5.41) is 3.30. The van der Waals surface area contributed by atoms with Gasteiger partial charge in [-0.05, 0) is 36.3 Å². The van der Waals surface area contributed by atoms with E-state index in [9.17, 15) is 24.0 Å². The molecule has 6 nitrogen and oxygen atoms in total. The largest absolute Gasteiger partial charge is 0.346 e. The molecule has 1 N–H and O–H groups in total. The van der Waals surface area contributed by atoms with E-state index in [0.717, 1.165) is 5.56 Å². The van der Waals surface area contributed by atoms with Crippen LogP contribution in [-0.4, -0.2) is 35.1 Å². The maximum Gasteiger partial charge on any atom is 0.224 e. The first-order chi connectivity index (χ1) is 18.2. The highest BCUT2D eigenvalue weighted by Gasteiger charge is 2.36. The predicted molar refractivity (Wildman–Crippen MR) is 154 cm³/mol. The van der Waals surface area contributed by atoms with E-state index in [1.54, 1.807) is 57.2 Å². The van der Waals surface area contributed by atoms with Gasteiger partial charge in [-0.3, -0.25) is 24.0 Å². The third kappa shape index (κ3) is 9.54. The average molecular weight is 554 g/mol. The molecule has 0 aromatic heterocycles. The van der Waals surface area contributed by atoms with Gasteiger partial charge in [-0.2, -0.15) is 0 Å². The van der Waals surface area contributed by atoms with Crippen molar-refractivity contribution in [3.05, 3.63) is 70.7 Å². The van der Waals surface area contributed by atoms with Gasteiger partial charge in [0.1, 0.15) is 0 Å². The van der Waals surface area contributed by atoms with Crippen LogP contribution in [0.2, 0.25) is 5.02 Å². The molecule has 3 atom stereocenters. The minimum atomic E-state index is -0.874. The van der Waals surface area contributed by atoms with Crippen LogP contribution in [0.4, 0.5) is 0 Å². The number of halogens is 1. The second kappa shape index (κ2) is 14.3. The third-order valence-electron chi connectivity index (χ3n) is 7.11. The van der Waals surface area contributed by atoms with Crippen LogP contribution >= 0.6 is 11.6 Å². The Morgan fingerprint density at radius 2 is 1.44 bits per heavy atom. The Morgan fingerprint density at radius 1 is 0.846 bits per heavy atom. The van der Waals surface area contributed by atoms with Crippen LogP contribution in [0.1, 0.15) is 76.7 Å². The molecule has 0 radical (unpaired) electrons. The maximum absolute atomic E-state index is 13.2. The Bertz CT molecular complexity index is 1180. The van der Waals surface area contributed by atoms with Gasteiger partial charge in [0.15, 0.2) is 17.3 Å². The second-order valence-corrected chi connectivity index (χ2v) is 11.9. The molecule has 0 saturated heterocycles. The minimum absolute atomic E-state index is 0.00724. The number of carbonyl (C=O) groups is 5. The summed E-state index contributed by atoms with van der Waals surface area (Å²) < 4.78 is 0. The summed E-state index contributed by atoms with van der Waals surface area (Å²) in [6, 6.07) is 15.1. The van der Waals surface area contributed by atoms with Crippen molar-refractivity contribution in [3.8, 4) is 0 Å². The quantitative estimate of drug-likeness (QED) is 0.226. The van der Waals surface area contributed by atoms with Crippen LogP contribution < -0.4 is 5.32 Å². The summed E-state index contributed by atoms with van der Waals surface area (Å²) in [5.74, 6) is -3.67.